The first-order chi connectivity index (χ1) is 22.6. The molecule has 0 bridgehead atoms. The van der Waals surface area contributed by atoms with Crippen molar-refractivity contribution in [3.8, 4) is 17.8 Å². The van der Waals surface area contributed by atoms with Crippen molar-refractivity contribution in [3.63, 3.8) is 0 Å². The van der Waals surface area contributed by atoms with Crippen LogP contribution in [0.1, 0.15) is 51.7 Å². The summed E-state index contributed by atoms with van der Waals surface area (Å²) in [6.45, 7) is 9.79. The molecule has 5 rings (SSSR count). The van der Waals surface area contributed by atoms with Crippen molar-refractivity contribution >= 4 is 28.8 Å². The van der Waals surface area contributed by atoms with E-state index < -0.39 is 46.3 Å². The average molecular weight is 668 g/mol. The van der Waals surface area contributed by atoms with Gasteiger partial charge in [-0.1, -0.05) is 12.1 Å². The van der Waals surface area contributed by atoms with Gasteiger partial charge in [-0.15, -0.1) is 0 Å². The molecule has 4 heterocycles. The summed E-state index contributed by atoms with van der Waals surface area (Å²) in [7, 11) is 0. The summed E-state index contributed by atoms with van der Waals surface area (Å²) in [6.07, 6.45) is -3.97. The smallest absolute Gasteiger partial charge is 0.418 e. The SMILES string of the molecule is CCOC1(CC#N)CN(c2nc(N3CCN(C(=O)OC(C)(C)C)C(CC#N)C3)c3cnn(-c4cccc(C)c4C(F)(F)F)c(=O)c3n2)C1. The topological polar surface area (TPSA) is 154 Å². The summed E-state index contributed by atoms with van der Waals surface area (Å²) in [5, 5.41) is 23.3. The molecule has 13 nitrogen and oxygen atoms in total. The number of anilines is 2. The van der Waals surface area contributed by atoms with Gasteiger partial charge in [-0.25, -0.2) is 9.78 Å². The molecule has 0 saturated carbocycles. The highest BCUT2D eigenvalue weighted by atomic mass is 19.4. The van der Waals surface area contributed by atoms with Gasteiger partial charge in [0.2, 0.25) is 5.95 Å². The number of halogens is 3. The van der Waals surface area contributed by atoms with Crippen LogP contribution in [0.3, 0.4) is 0 Å². The predicted molar refractivity (Wildman–Crippen MR) is 169 cm³/mol. The fraction of sp³-hybridized carbons (Fsp3) is 0.531. The molecule has 254 valence electrons. The third-order valence-electron chi connectivity index (χ3n) is 8.20. The molecule has 1 unspecified atom stereocenters. The Labute approximate surface area is 275 Å². The standard InChI is InChI=1S/C32H36F3N9O4/c1-6-47-31(11-13-37)18-42(19-31)28-39-25-22(16-38-44(27(25)45)23-9-7-8-20(2)24(23)32(33,34)35)26(40-28)41-14-15-43(21(17-41)10-12-36)29(46)48-30(3,4)5/h7-9,16,21H,6,10-11,14-15,17-19H2,1-5H3. The van der Waals surface area contributed by atoms with Gasteiger partial charge in [0.05, 0.1) is 66.9 Å². The number of fused-ring (bicyclic) bond motifs is 1. The highest BCUT2D eigenvalue weighted by molar-refractivity contribution is 5.90. The van der Waals surface area contributed by atoms with E-state index in [0.29, 0.717) is 11.3 Å². The maximum atomic E-state index is 14.2. The van der Waals surface area contributed by atoms with Gasteiger partial charge in [-0.05, 0) is 46.2 Å². The molecule has 0 N–H and O–H groups in total. The Morgan fingerprint density at radius 2 is 1.83 bits per heavy atom. The van der Waals surface area contributed by atoms with Crippen molar-refractivity contribution in [2.45, 2.75) is 70.9 Å². The van der Waals surface area contributed by atoms with Crippen LogP contribution in [0, 0.1) is 29.6 Å². The van der Waals surface area contributed by atoms with E-state index in [1.807, 2.05) is 6.92 Å². The van der Waals surface area contributed by atoms with Crippen LogP contribution in [0.2, 0.25) is 0 Å². The molecule has 0 radical (unpaired) electrons. The van der Waals surface area contributed by atoms with Gasteiger partial charge in [-0.3, -0.25) is 4.79 Å². The zero-order valence-corrected chi connectivity index (χ0v) is 27.3. The van der Waals surface area contributed by atoms with Crippen molar-refractivity contribution in [2.24, 2.45) is 0 Å². The normalized spacial score (nSPS) is 17.9. The zero-order valence-electron chi connectivity index (χ0n) is 27.3. The number of ether oxygens (including phenoxy) is 2. The first-order valence-electron chi connectivity index (χ1n) is 15.5. The number of hydrogen-bond donors (Lipinski definition) is 0. The number of aromatic nitrogens is 4. The van der Waals surface area contributed by atoms with Crippen molar-refractivity contribution < 1.29 is 27.4 Å². The molecule has 2 aliphatic heterocycles. The van der Waals surface area contributed by atoms with Crippen molar-refractivity contribution in [1.29, 1.82) is 10.5 Å². The fourth-order valence-corrected chi connectivity index (χ4v) is 6.13. The van der Waals surface area contributed by atoms with E-state index in [0.717, 1.165) is 0 Å². The van der Waals surface area contributed by atoms with Crippen LogP contribution >= 0.6 is 0 Å². The fourth-order valence-electron chi connectivity index (χ4n) is 6.13. The summed E-state index contributed by atoms with van der Waals surface area (Å²) in [5.74, 6) is 0.389. The molecule has 0 aliphatic carbocycles. The average Bonchev–Trinajstić information content (AvgIpc) is 2.98. The number of nitriles is 2. The first-order valence-corrected chi connectivity index (χ1v) is 15.5. The lowest BCUT2D eigenvalue weighted by Crippen LogP contribution is -2.64. The number of nitrogens with zero attached hydrogens (tertiary/aromatic N) is 9. The highest BCUT2D eigenvalue weighted by Crippen LogP contribution is 2.37. The van der Waals surface area contributed by atoms with Gasteiger partial charge >= 0.3 is 12.3 Å². The summed E-state index contributed by atoms with van der Waals surface area (Å²) >= 11 is 0. The minimum Gasteiger partial charge on any atom is -0.444 e. The number of aryl methyl sites for hydroxylation is 1. The molecule has 48 heavy (non-hydrogen) atoms. The molecule has 16 heteroatoms. The Balaban J connectivity index is 1.63. The van der Waals surface area contributed by atoms with E-state index in [1.165, 1.54) is 36.2 Å². The number of benzene rings is 1. The summed E-state index contributed by atoms with van der Waals surface area (Å²) in [5.41, 5.74) is -4.08. The summed E-state index contributed by atoms with van der Waals surface area (Å²) in [4.78, 5) is 41.4. The lowest BCUT2D eigenvalue weighted by atomic mass is 9.91. The van der Waals surface area contributed by atoms with E-state index in [2.05, 4.69) is 22.2 Å². The Morgan fingerprint density at radius 1 is 1.10 bits per heavy atom. The minimum absolute atomic E-state index is 0.0125. The Hall–Kier alpha value is -4.96. The van der Waals surface area contributed by atoms with Gasteiger partial charge in [-0.2, -0.15) is 38.5 Å². The maximum absolute atomic E-state index is 14.2. The first kappa shape index (κ1) is 34.4. The van der Waals surface area contributed by atoms with Crippen LogP contribution in [0.4, 0.5) is 29.7 Å². The third-order valence-corrected chi connectivity index (χ3v) is 8.20. The molecule has 1 amide bonds. The molecule has 2 fully saturated rings. The maximum Gasteiger partial charge on any atom is 0.418 e. The third kappa shape index (κ3) is 6.71. The van der Waals surface area contributed by atoms with E-state index >= 15 is 0 Å². The summed E-state index contributed by atoms with van der Waals surface area (Å²) < 4.78 is 54.6. The largest absolute Gasteiger partial charge is 0.444 e. The molecule has 0 spiro atoms. The molecular weight excluding hydrogens is 631 g/mol. The molecule has 3 aromatic rings. The Bertz CT molecular complexity index is 1850. The Kier molecular flexibility index (Phi) is 9.25. The van der Waals surface area contributed by atoms with E-state index in [1.54, 1.807) is 30.6 Å². The van der Waals surface area contributed by atoms with Crippen LogP contribution in [0.25, 0.3) is 16.6 Å². The number of carbonyl (C=O) groups is 1. The van der Waals surface area contributed by atoms with Crippen LogP contribution in [-0.2, 0) is 15.7 Å². The second kappa shape index (κ2) is 12.9. The van der Waals surface area contributed by atoms with Gasteiger partial charge < -0.3 is 24.2 Å². The van der Waals surface area contributed by atoms with E-state index in [4.69, 9.17) is 14.5 Å². The number of hydrogen-bond acceptors (Lipinski definition) is 11. The monoisotopic (exact) mass is 667 g/mol. The summed E-state index contributed by atoms with van der Waals surface area (Å²) in [6, 6.07) is 7.56. The van der Waals surface area contributed by atoms with Crippen molar-refractivity contribution in [1.82, 2.24) is 24.6 Å². The minimum atomic E-state index is -4.76. The molecule has 2 aromatic heterocycles. The number of amides is 1. The lowest BCUT2D eigenvalue weighted by Gasteiger charge is -2.48. The molecular formula is C32H36F3N9O4. The van der Waals surface area contributed by atoms with Gasteiger partial charge in [0.25, 0.3) is 5.56 Å². The molecule has 2 saturated heterocycles. The highest BCUT2D eigenvalue weighted by Gasteiger charge is 2.46. The Morgan fingerprint density at radius 3 is 2.46 bits per heavy atom. The molecule has 1 atom stereocenters. The van der Waals surface area contributed by atoms with Crippen molar-refractivity contribution in [3.05, 3.63) is 45.9 Å². The number of alkyl halides is 3. The van der Waals surface area contributed by atoms with Crippen LogP contribution in [0.5, 0.6) is 0 Å². The predicted octanol–water partition coefficient (Wildman–Crippen LogP) is 4.35. The van der Waals surface area contributed by atoms with E-state index in [9.17, 15) is 33.3 Å². The second-order valence-electron chi connectivity index (χ2n) is 12.9. The lowest BCUT2D eigenvalue weighted by molar-refractivity contribution is -0.138. The number of piperazine rings is 1. The van der Waals surface area contributed by atoms with Gasteiger partial charge in [0, 0.05) is 26.2 Å². The van der Waals surface area contributed by atoms with Crippen LogP contribution < -0.4 is 15.4 Å². The van der Waals surface area contributed by atoms with Gasteiger partial charge in [0.1, 0.15) is 22.5 Å². The second-order valence-corrected chi connectivity index (χ2v) is 12.9. The number of carbonyl (C=O) groups excluding carboxylic acids is 1. The molecule has 2 aliphatic rings. The van der Waals surface area contributed by atoms with Crippen LogP contribution in [0.15, 0.2) is 29.2 Å². The van der Waals surface area contributed by atoms with Crippen LogP contribution in [-0.4, -0.2) is 87.3 Å². The molecule has 1 aromatic carbocycles. The quantitative estimate of drug-likeness (QED) is 0.353. The number of rotatable bonds is 7. The van der Waals surface area contributed by atoms with Gasteiger partial charge in [0.15, 0.2) is 0 Å². The van der Waals surface area contributed by atoms with Crippen molar-refractivity contribution in [2.75, 3.05) is 49.1 Å². The van der Waals surface area contributed by atoms with E-state index in [-0.39, 0.29) is 73.8 Å². The zero-order chi connectivity index (χ0) is 35.0.